The molecule has 2 fully saturated rings. The van der Waals surface area contributed by atoms with Crippen molar-refractivity contribution in [2.75, 3.05) is 26.2 Å². The monoisotopic (exact) mass is 327 g/mol. The van der Waals surface area contributed by atoms with Crippen molar-refractivity contribution in [3.63, 3.8) is 0 Å². The number of nitrogens with one attached hydrogen (secondary N) is 1. The van der Waals surface area contributed by atoms with Crippen molar-refractivity contribution in [2.24, 2.45) is 0 Å². The number of likely N-dealkylation sites (tertiary alicyclic amines) is 1. The summed E-state index contributed by atoms with van der Waals surface area (Å²) < 4.78 is 32.0. The van der Waals surface area contributed by atoms with Gasteiger partial charge in [0.1, 0.15) is 0 Å². The van der Waals surface area contributed by atoms with E-state index in [9.17, 15) is 13.9 Å². The summed E-state index contributed by atoms with van der Waals surface area (Å²) in [6.07, 6.45) is 0.533. The third-order valence-electron chi connectivity index (χ3n) is 4.58. The Morgan fingerprint density at radius 2 is 2.13 bits per heavy atom. The summed E-state index contributed by atoms with van der Waals surface area (Å²) in [6.45, 7) is 2.19. The summed E-state index contributed by atoms with van der Waals surface area (Å²) >= 11 is 0. The van der Waals surface area contributed by atoms with E-state index in [1.807, 2.05) is 23.1 Å². The smallest absolute Gasteiger partial charge is 0.250 e. The number of aliphatic hydroxyl groups excluding tert-OH is 1. The first-order chi connectivity index (χ1) is 11.0. The minimum absolute atomic E-state index is 0.114. The van der Waals surface area contributed by atoms with Crippen LogP contribution in [-0.2, 0) is 11.3 Å². The molecule has 2 saturated heterocycles. The summed E-state index contributed by atoms with van der Waals surface area (Å²) in [5.41, 5.74) is 0.904. The van der Waals surface area contributed by atoms with Crippen LogP contribution in [0, 0.1) is 0 Å². The highest BCUT2D eigenvalue weighted by Crippen LogP contribution is 2.28. The second-order valence-corrected chi connectivity index (χ2v) is 6.33. The molecule has 0 bridgehead atoms. The maximum Gasteiger partial charge on any atom is 0.250 e. The van der Waals surface area contributed by atoms with E-state index in [4.69, 9.17) is 4.74 Å². The van der Waals surface area contributed by atoms with Gasteiger partial charge in [0.25, 0.3) is 5.92 Å². The van der Waals surface area contributed by atoms with Crippen LogP contribution in [0.25, 0.3) is 0 Å². The van der Waals surface area contributed by atoms with Crippen molar-refractivity contribution in [3.05, 3.63) is 30.1 Å². The van der Waals surface area contributed by atoms with Gasteiger partial charge in [0.2, 0.25) is 0 Å². The molecule has 0 amide bonds. The van der Waals surface area contributed by atoms with Crippen LogP contribution in [-0.4, -0.2) is 65.4 Å². The fourth-order valence-corrected chi connectivity index (χ4v) is 3.08. The van der Waals surface area contributed by atoms with E-state index < -0.39 is 12.0 Å². The lowest BCUT2D eigenvalue weighted by atomic mass is 10.0. The Bertz CT molecular complexity index is 493. The molecule has 3 unspecified atom stereocenters. The zero-order valence-electron chi connectivity index (χ0n) is 13.0. The van der Waals surface area contributed by atoms with Crippen LogP contribution in [0.1, 0.15) is 18.5 Å². The lowest BCUT2D eigenvalue weighted by molar-refractivity contribution is -0.0674. The van der Waals surface area contributed by atoms with Crippen LogP contribution in [0.15, 0.2) is 24.4 Å². The number of ether oxygens (including phenoxy) is 1. The topological polar surface area (TPSA) is 57.6 Å². The highest BCUT2D eigenvalue weighted by molar-refractivity contribution is 5.04. The highest BCUT2D eigenvalue weighted by atomic mass is 19.3. The Hall–Kier alpha value is -1.15. The molecule has 0 aliphatic carbocycles. The van der Waals surface area contributed by atoms with Gasteiger partial charge >= 0.3 is 0 Å². The fourth-order valence-electron chi connectivity index (χ4n) is 3.08. The average molecular weight is 327 g/mol. The van der Waals surface area contributed by atoms with Gasteiger partial charge in [-0.1, -0.05) is 6.07 Å². The molecule has 3 atom stereocenters. The normalized spacial score (nSPS) is 31.3. The molecule has 2 aliphatic heterocycles. The Balaban J connectivity index is 1.44. The first-order valence-corrected chi connectivity index (χ1v) is 8.07. The van der Waals surface area contributed by atoms with Crippen LogP contribution in [0.4, 0.5) is 8.78 Å². The van der Waals surface area contributed by atoms with Gasteiger partial charge in [-0.25, -0.2) is 8.78 Å². The molecule has 128 valence electrons. The standard InChI is InChI=1S/C16H23F2N3O2/c17-16(18)4-7-21(8-5-16)10-14-15(22)13(11-23-14)20-9-12-3-1-2-6-19-12/h1-3,6,13-15,20,22H,4-5,7-11H2. The van der Waals surface area contributed by atoms with Crippen molar-refractivity contribution in [2.45, 2.75) is 43.6 Å². The lowest BCUT2D eigenvalue weighted by Crippen LogP contribution is -2.47. The summed E-state index contributed by atoms with van der Waals surface area (Å²) in [5, 5.41) is 13.6. The number of nitrogens with zero attached hydrogens (tertiary/aromatic N) is 2. The largest absolute Gasteiger partial charge is 0.389 e. The molecule has 5 nitrogen and oxygen atoms in total. The van der Waals surface area contributed by atoms with E-state index in [0.29, 0.717) is 32.8 Å². The van der Waals surface area contributed by atoms with Gasteiger partial charge in [0, 0.05) is 45.2 Å². The molecule has 0 radical (unpaired) electrons. The van der Waals surface area contributed by atoms with Crippen LogP contribution < -0.4 is 5.32 Å². The molecule has 1 aromatic rings. The molecule has 3 rings (SSSR count). The lowest BCUT2D eigenvalue weighted by Gasteiger charge is -2.33. The fraction of sp³-hybridized carbons (Fsp3) is 0.688. The van der Waals surface area contributed by atoms with E-state index >= 15 is 0 Å². The maximum absolute atomic E-state index is 13.2. The van der Waals surface area contributed by atoms with E-state index in [2.05, 4.69) is 10.3 Å². The Morgan fingerprint density at radius 1 is 1.35 bits per heavy atom. The van der Waals surface area contributed by atoms with Crippen LogP contribution in [0.3, 0.4) is 0 Å². The summed E-state index contributed by atoms with van der Waals surface area (Å²) in [5.74, 6) is -2.54. The zero-order chi connectivity index (χ0) is 16.3. The van der Waals surface area contributed by atoms with Gasteiger partial charge < -0.3 is 20.1 Å². The highest BCUT2D eigenvalue weighted by Gasteiger charge is 2.39. The van der Waals surface area contributed by atoms with Crippen molar-refractivity contribution >= 4 is 0 Å². The van der Waals surface area contributed by atoms with Gasteiger partial charge in [0.05, 0.1) is 30.6 Å². The van der Waals surface area contributed by atoms with Crippen LogP contribution >= 0.6 is 0 Å². The number of halogens is 2. The number of pyridine rings is 1. The quantitative estimate of drug-likeness (QED) is 0.846. The summed E-state index contributed by atoms with van der Waals surface area (Å²) in [6, 6.07) is 5.53. The van der Waals surface area contributed by atoms with Gasteiger partial charge in [-0.2, -0.15) is 0 Å². The van der Waals surface area contributed by atoms with Gasteiger partial charge in [-0.05, 0) is 12.1 Å². The molecular formula is C16H23F2N3O2. The Morgan fingerprint density at radius 3 is 2.83 bits per heavy atom. The molecule has 3 heterocycles. The number of rotatable bonds is 5. The number of hydrogen-bond acceptors (Lipinski definition) is 5. The number of aromatic nitrogens is 1. The predicted octanol–water partition coefficient (Wildman–Crippen LogP) is 1.03. The predicted molar refractivity (Wildman–Crippen MR) is 81.2 cm³/mol. The number of aliphatic hydroxyl groups is 1. The van der Waals surface area contributed by atoms with Crippen molar-refractivity contribution in [1.29, 1.82) is 0 Å². The van der Waals surface area contributed by atoms with E-state index in [1.165, 1.54) is 0 Å². The molecule has 0 spiro atoms. The molecule has 7 heteroatoms. The Kier molecular flexibility index (Phi) is 5.21. The third kappa shape index (κ3) is 4.44. The van der Waals surface area contributed by atoms with Gasteiger partial charge in [0.15, 0.2) is 0 Å². The third-order valence-corrected chi connectivity index (χ3v) is 4.58. The first kappa shape index (κ1) is 16.7. The van der Waals surface area contributed by atoms with E-state index in [1.54, 1.807) is 6.20 Å². The number of alkyl halides is 2. The molecule has 2 N–H and O–H groups in total. The molecular weight excluding hydrogens is 304 g/mol. The van der Waals surface area contributed by atoms with E-state index in [0.717, 1.165) is 5.69 Å². The molecule has 1 aromatic heterocycles. The SMILES string of the molecule is OC1C(NCc2ccccn2)COC1CN1CCC(F)(F)CC1. The molecule has 0 aromatic carbocycles. The summed E-state index contributed by atoms with van der Waals surface area (Å²) in [7, 11) is 0. The zero-order valence-corrected chi connectivity index (χ0v) is 13.0. The molecule has 2 aliphatic rings. The minimum atomic E-state index is -2.54. The first-order valence-electron chi connectivity index (χ1n) is 8.07. The maximum atomic E-state index is 13.2. The van der Waals surface area contributed by atoms with Crippen LogP contribution in [0.2, 0.25) is 0 Å². The minimum Gasteiger partial charge on any atom is -0.389 e. The van der Waals surface area contributed by atoms with Crippen molar-refractivity contribution in [3.8, 4) is 0 Å². The van der Waals surface area contributed by atoms with Crippen molar-refractivity contribution < 1.29 is 18.6 Å². The average Bonchev–Trinajstić information content (AvgIpc) is 2.89. The van der Waals surface area contributed by atoms with Crippen LogP contribution in [0.5, 0.6) is 0 Å². The second-order valence-electron chi connectivity index (χ2n) is 6.33. The Labute approximate surface area is 134 Å². The van der Waals surface area contributed by atoms with Gasteiger partial charge in [-0.3, -0.25) is 4.98 Å². The van der Waals surface area contributed by atoms with Gasteiger partial charge in [-0.15, -0.1) is 0 Å². The summed E-state index contributed by atoms with van der Waals surface area (Å²) in [4.78, 5) is 6.18. The number of hydrogen-bond donors (Lipinski definition) is 2. The molecule has 0 saturated carbocycles. The molecule has 23 heavy (non-hydrogen) atoms. The second kappa shape index (κ2) is 7.17. The number of piperidine rings is 1. The van der Waals surface area contributed by atoms with E-state index in [-0.39, 0.29) is 25.0 Å². The van der Waals surface area contributed by atoms with Crippen molar-refractivity contribution in [1.82, 2.24) is 15.2 Å².